The zero-order valence-electron chi connectivity index (χ0n) is 11.9. The summed E-state index contributed by atoms with van der Waals surface area (Å²) in [6.07, 6.45) is 3.05. The minimum Gasteiger partial charge on any atom is -0.368 e. The highest BCUT2D eigenvalue weighted by Gasteiger charge is 2.23. The molecule has 1 aliphatic rings. The first kappa shape index (κ1) is 15.0. The Bertz CT molecular complexity index is 637. The highest BCUT2D eigenvalue weighted by atomic mass is 79.9. The molecule has 1 fully saturated rings. The van der Waals surface area contributed by atoms with E-state index in [2.05, 4.69) is 31.5 Å². The Labute approximate surface area is 137 Å². The zero-order valence-corrected chi connectivity index (χ0v) is 13.5. The van der Waals surface area contributed by atoms with Gasteiger partial charge in [-0.15, -0.1) is 0 Å². The first-order valence-electron chi connectivity index (χ1n) is 7.12. The Balaban J connectivity index is 1.60. The third-order valence-corrected chi connectivity index (χ3v) is 3.90. The average molecular weight is 362 g/mol. The van der Waals surface area contributed by atoms with Gasteiger partial charge in [0.2, 0.25) is 0 Å². The predicted molar refractivity (Wildman–Crippen MR) is 89.3 cm³/mol. The largest absolute Gasteiger partial charge is 0.368 e. The summed E-state index contributed by atoms with van der Waals surface area (Å²) in [7, 11) is 0. The normalized spacial score (nSPS) is 17.2. The molecule has 6 heteroatoms. The maximum Gasteiger partial charge on any atom is 0.254 e. The molecule has 0 aliphatic carbocycles. The van der Waals surface area contributed by atoms with Gasteiger partial charge >= 0.3 is 0 Å². The van der Waals surface area contributed by atoms with Crippen molar-refractivity contribution in [1.82, 2.24) is 4.98 Å². The van der Waals surface area contributed by atoms with Crippen molar-refractivity contribution >= 4 is 39.0 Å². The van der Waals surface area contributed by atoms with E-state index in [0.717, 1.165) is 28.7 Å². The SMILES string of the molecule is O=C(Nc1ccc(Nc2ccc(Br)cc2)cn1)C1CCCO1. The van der Waals surface area contributed by atoms with Gasteiger partial charge in [-0.25, -0.2) is 4.98 Å². The molecular weight excluding hydrogens is 346 g/mol. The minimum atomic E-state index is -0.345. The van der Waals surface area contributed by atoms with Crippen LogP contribution in [0.15, 0.2) is 47.1 Å². The van der Waals surface area contributed by atoms with Gasteiger partial charge in [0.05, 0.1) is 11.9 Å². The highest BCUT2D eigenvalue weighted by Crippen LogP contribution is 2.20. The molecule has 2 heterocycles. The van der Waals surface area contributed by atoms with Crippen molar-refractivity contribution in [2.75, 3.05) is 17.2 Å². The standard InChI is InChI=1S/C16H16BrN3O2/c17-11-3-5-12(6-4-11)19-13-7-8-15(18-10-13)20-16(21)14-2-1-9-22-14/h3-8,10,14,19H,1-2,9H2,(H,18,20,21). The first-order chi connectivity index (χ1) is 10.7. The fourth-order valence-corrected chi connectivity index (χ4v) is 2.50. The van der Waals surface area contributed by atoms with Gasteiger partial charge < -0.3 is 15.4 Å². The van der Waals surface area contributed by atoms with Crippen molar-refractivity contribution in [3.8, 4) is 0 Å². The number of carbonyl (C=O) groups is 1. The summed E-state index contributed by atoms with van der Waals surface area (Å²) in [5.74, 6) is 0.403. The first-order valence-corrected chi connectivity index (χ1v) is 7.91. The summed E-state index contributed by atoms with van der Waals surface area (Å²) >= 11 is 3.40. The maximum atomic E-state index is 11.9. The van der Waals surface area contributed by atoms with Gasteiger partial charge in [0.1, 0.15) is 11.9 Å². The van der Waals surface area contributed by atoms with E-state index in [0.29, 0.717) is 12.4 Å². The third-order valence-electron chi connectivity index (χ3n) is 3.37. The number of aromatic nitrogens is 1. The molecule has 1 aliphatic heterocycles. The lowest BCUT2D eigenvalue weighted by molar-refractivity contribution is -0.124. The molecule has 1 aromatic heterocycles. The summed E-state index contributed by atoms with van der Waals surface area (Å²) in [5, 5.41) is 6.02. The smallest absolute Gasteiger partial charge is 0.254 e. The summed E-state index contributed by atoms with van der Waals surface area (Å²) in [6, 6.07) is 11.5. The molecule has 1 unspecified atom stereocenters. The molecule has 1 aromatic carbocycles. The fraction of sp³-hybridized carbons (Fsp3) is 0.250. The minimum absolute atomic E-state index is 0.126. The van der Waals surface area contributed by atoms with Gasteiger partial charge in [-0.2, -0.15) is 0 Å². The maximum absolute atomic E-state index is 11.9. The lowest BCUT2D eigenvalue weighted by Crippen LogP contribution is -2.27. The van der Waals surface area contributed by atoms with Crippen LogP contribution in [-0.2, 0) is 9.53 Å². The van der Waals surface area contributed by atoms with Crippen molar-refractivity contribution in [3.63, 3.8) is 0 Å². The Morgan fingerprint density at radius 2 is 1.95 bits per heavy atom. The number of hydrogen-bond acceptors (Lipinski definition) is 4. The van der Waals surface area contributed by atoms with Gasteiger partial charge in [-0.3, -0.25) is 4.79 Å². The van der Waals surface area contributed by atoms with Crippen molar-refractivity contribution < 1.29 is 9.53 Å². The molecule has 5 nitrogen and oxygen atoms in total. The highest BCUT2D eigenvalue weighted by molar-refractivity contribution is 9.10. The van der Waals surface area contributed by atoms with Crippen LogP contribution in [0.1, 0.15) is 12.8 Å². The van der Waals surface area contributed by atoms with Crippen LogP contribution in [0.4, 0.5) is 17.2 Å². The number of amides is 1. The molecule has 0 spiro atoms. The second kappa shape index (κ2) is 6.89. The van der Waals surface area contributed by atoms with Crippen LogP contribution in [0, 0.1) is 0 Å². The van der Waals surface area contributed by atoms with Crippen molar-refractivity contribution in [1.29, 1.82) is 0 Å². The van der Waals surface area contributed by atoms with Crippen LogP contribution >= 0.6 is 15.9 Å². The summed E-state index contributed by atoms with van der Waals surface area (Å²) in [5.41, 5.74) is 1.83. The number of benzene rings is 1. The van der Waals surface area contributed by atoms with E-state index in [9.17, 15) is 4.79 Å². The summed E-state index contributed by atoms with van der Waals surface area (Å²) in [6.45, 7) is 0.654. The molecule has 1 amide bonds. The van der Waals surface area contributed by atoms with E-state index < -0.39 is 0 Å². The van der Waals surface area contributed by atoms with Gasteiger partial charge in [-0.05, 0) is 49.2 Å². The molecule has 1 saturated heterocycles. The van der Waals surface area contributed by atoms with Crippen LogP contribution in [0.5, 0.6) is 0 Å². The second-order valence-electron chi connectivity index (χ2n) is 5.05. The van der Waals surface area contributed by atoms with Crippen LogP contribution in [0.25, 0.3) is 0 Å². The van der Waals surface area contributed by atoms with Crippen molar-refractivity contribution in [2.45, 2.75) is 18.9 Å². The topological polar surface area (TPSA) is 63.2 Å². The van der Waals surface area contributed by atoms with Crippen LogP contribution in [0.2, 0.25) is 0 Å². The number of halogens is 1. The van der Waals surface area contributed by atoms with Crippen LogP contribution in [-0.4, -0.2) is 23.6 Å². The van der Waals surface area contributed by atoms with E-state index >= 15 is 0 Å². The van der Waals surface area contributed by atoms with E-state index in [1.54, 1.807) is 12.3 Å². The Hall–Kier alpha value is -1.92. The summed E-state index contributed by atoms with van der Waals surface area (Å²) < 4.78 is 6.37. The Kier molecular flexibility index (Phi) is 4.70. The quantitative estimate of drug-likeness (QED) is 0.871. The molecule has 0 saturated carbocycles. The second-order valence-corrected chi connectivity index (χ2v) is 5.97. The molecule has 114 valence electrons. The third kappa shape index (κ3) is 3.84. The lowest BCUT2D eigenvalue weighted by atomic mass is 10.2. The van der Waals surface area contributed by atoms with E-state index in [4.69, 9.17) is 4.74 Å². The number of carbonyl (C=O) groups excluding carboxylic acids is 1. The Morgan fingerprint density at radius 1 is 1.18 bits per heavy atom. The number of nitrogens with zero attached hydrogens (tertiary/aromatic N) is 1. The van der Waals surface area contributed by atoms with Gasteiger partial charge in [0.25, 0.3) is 5.91 Å². The molecule has 0 radical (unpaired) electrons. The summed E-state index contributed by atoms with van der Waals surface area (Å²) in [4.78, 5) is 16.2. The molecule has 1 atom stereocenters. The van der Waals surface area contributed by atoms with Gasteiger partial charge in [-0.1, -0.05) is 15.9 Å². The van der Waals surface area contributed by atoms with E-state index in [-0.39, 0.29) is 12.0 Å². The number of anilines is 3. The number of hydrogen-bond donors (Lipinski definition) is 2. The van der Waals surface area contributed by atoms with Crippen molar-refractivity contribution in [3.05, 3.63) is 47.1 Å². The predicted octanol–water partition coefficient (Wildman–Crippen LogP) is 3.71. The molecule has 22 heavy (non-hydrogen) atoms. The average Bonchev–Trinajstić information content (AvgIpc) is 3.06. The van der Waals surface area contributed by atoms with Crippen molar-refractivity contribution in [2.24, 2.45) is 0 Å². The zero-order chi connectivity index (χ0) is 15.4. The monoisotopic (exact) mass is 361 g/mol. The number of rotatable bonds is 4. The van der Waals surface area contributed by atoms with E-state index in [1.165, 1.54) is 0 Å². The number of pyridine rings is 1. The number of ether oxygens (including phenoxy) is 1. The van der Waals surface area contributed by atoms with E-state index in [1.807, 2.05) is 30.3 Å². The molecule has 0 bridgehead atoms. The van der Waals surface area contributed by atoms with Crippen LogP contribution < -0.4 is 10.6 Å². The number of nitrogens with one attached hydrogen (secondary N) is 2. The van der Waals surface area contributed by atoms with Gasteiger partial charge in [0.15, 0.2) is 0 Å². The lowest BCUT2D eigenvalue weighted by Gasteiger charge is -2.10. The molecule has 2 aromatic rings. The molecule has 3 rings (SSSR count). The molecule has 2 N–H and O–H groups in total. The van der Waals surface area contributed by atoms with Crippen LogP contribution in [0.3, 0.4) is 0 Å². The Morgan fingerprint density at radius 3 is 2.59 bits per heavy atom. The molecular formula is C16H16BrN3O2. The van der Waals surface area contributed by atoms with Gasteiger partial charge in [0, 0.05) is 16.8 Å². The fourth-order valence-electron chi connectivity index (χ4n) is 2.23.